The number of carbonyl (C=O) groups excluding carboxylic acids is 1. The Kier molecular flexibility index (Phi) is 3.25. The van der Waals surface area contributed by atoms with Gasteiger partial charge in [0.2, 0.25) is 5.95 Å². The average Bonchev–Trinajstić information content (AvgIpc) is 2.86. The van der Waals surface area contributed by atoms with Gasteiger partial charge in [-0.2, -0.15) is 10.1 Å². The fourth-order valence-electron chi connectivity index (χ4n) is 2.32. The molecular formula is C11H19N5O2. The van der Waals surface area contributed by atoms with Crippen molar-refractivity contribution in [1.82, 2.24) is 19.7 Å². The number of rotatable bonds is 2. The third-order valence-corrected chi connectivity index (χ3v) is 3.26. The molecule has 1 unspecified atom stereocenters. The number of aryl methyl sites for hydroxylation is 1. The lowest BCUT2D eigenvalue weighted by molar-refractivity contribution is 0.0117. The van der Waals surface area contributed by atoms with Crippen molar-refractivity contribution < 1.29 is 9.90 Å². The Balaban J connectivity index is 2.07. The molecule has 0 bridgehead atoms. The lowest BCUT2D eigenvalue weighted by Gasteiger charge is -2.33. The van der Waals surface area contributed by atoms with Crippen molar-refractivity contribution in [2.24, 2.45) is 7.05 Å². The summed E-state index contributed by atoms with van der Waals surface area (Å²) in [6, 6.07) is -0.401. The zero-order valence-electron chi connectivity index (χ0n) is 10.9. The molecule has 1 aliphatic heterocycles. The molecule has 1 fully saturated rings. The van der Waals surface area contributed by atoms with Crippen LogP contribution in [0.1, 0.15) is 26.7 Å². The fourth-order valence-corrected chi connectivity index (χ4v) is 2.32. The van der Waals surface area contributed by atoms with Gasteiger partial charge in [0.15, 0.2) is 0 Å². The smallest absolute Gasteiger partial charge is 0.324 e. The molecular weight excluding hydrogens is 234 g/mol. The van der Waals surface area contributed by atoms with E-state index in [0.29, 0.717) is 12.5 Å². The fraction of sp³-hybridized carbons (Fsp3) is 0.727. The molecule has 1 aliphatic rings. The van der Waals surface area contributed by atoms with Gasteiger partial charge >= 0.3 is 6.03 Å². The van der Waals surface area contributed by atoms with E-state index in [1.165, 1.54) is 11.0 Å². The van der Waals surface area contributed by atoms with Crippen molar-refractivity contribution >= 4 is 12.0 Å². The van der Waals surface area contributed by atoms with Crippen LogP contribution in [0.25, 0.3) is 0 Å². The Morgan fingerprint density at radius 2 is 2.33 bits per heavy atom. The first-order valence-electron chi connectivity index (χ1n) is 6.03. The first kappa shape index (κ1) is 12.8. The Bertz CT molecular complexity index is 437. The van der Waals surface area contributed by atoms with Crippen molar-refractivity contribution in [2.45, 2.75) is 38.3 Å². The quantitative estimate of drug-likeness (QED) is 0.807. The molecule has 2 N–H and O–H groups in total. The zero-order valence-corrected chi connectivity index (χ0v) is 10.9. The normalized spacial score (nSPS) is 20.2. The van der Waals surface area contributed by atoms with Gasteiger partial charge in [-0.05, 0) is 26.7 Å². The van der Waals surface area contributed by atoms with E-state index in [1.807, 2.05) is 0 Å². The summed E-state index contributed by atoms with van der Waals surface area (Å²) in [5, 5.41) is 16.6. The van der Waals surface area contributed by atoms with Gasteiger partial charge in [-0.3, -0.25) is 5.32 Å². The largest absolute Gasteiger partial charge is 0.388 e. The molecule has 2 rings (SSSR count). The number of hydrogen-bond acceptors (Lipinski definition) is 4. The first-order valence-corrected chi connectivity index (χ1v) is 6.03. The highest BCUT2D eigenvalue weighted by Crippen LogP contribution is 2.27. The minimum absolute atomic E-state index is 0.161. The molecule has 0 aliphatic carbocycles. The Morgan fingerprint density at radius 3 is 2.89 bits per heavy atom. The second-order valence-electron chi connectivity index (χ2n) is 5.14. The van der Waals surface area contributed by atoms with Crippen LogP contribution < -0.4 is 5.32 Å². The minimum atomic E-state index is -0.895. The van der Waals surface area contributed by atoms with E-state index >= 15 is 0 Å². The van der Waals surface area contributed by atoms with E-state index in [1.54, 1.807) is 25.8 Å². The molecule has 1 aromatic rings. The van der Waals surface area contributed by atoms with Crippen LogP contribution >= 0.6 is 0 Å². The highest BCUT2D eigenvalue weighted by Gasteiger charge is 2.38. The van der Waals surface area contributed by atoms with E-state index in [4.69, 9.17) is 0 Å². The van der Waals surface area contributed by atoms with Crippen LogP contribution in [0.5, 0.6) is 0 Å². The van der Waals surface area contributed by atoms with Crippen LogP contribution in [0.2, 0.25) is 0 Å². The van der Waals surface area contributed by atoms with Crippen LogP contribution in [-0.2, 0) is 7.05 Å². The van der Waals surface area contributed by atoms with Crippen molar-refractivity contribution in [3.63, 3.8) is 0 Å². The van der Waals surface area contributed by atoms with E-state index in [2.05, 4.69) is 15.4 Å². The summed E-state index contributed by atoms with van der Waals surface area (Å²) >= 11 is 0. The summed E-state index contributed by atoms with van der Waals surface area (Å²) in [5.41, 5.74) is -0.895. The van der Waals surface area contributed by atoms with Gasteiger partial charge in [0.25, 0.3) is 0 Å². The number of amides is 2. The topological polar surface area (TPSA) is 83.3 Å². The van der Waals surface area contributed by atoms with Gasteiger partial charge in [0, 0.05) is 13.6 Å². The molecule has 0 saturated carbocycles. The Hall–Kier alpha value is -1.63. The third kappa shape index (κ3) is 2.45. The molecule has 100 valence electrons. The van der Waals surface area contributed by atoms with Crippen molar-refractivity contribution in [3.8, 4) is 0 Å². The van der Waals surface area contributed by atoms with Gasteiger partial charge in [0.1, 0.15) is 6.33 Å². The maximum atomic E-state index is 12.1. The Labute approximate surface area is 106 Å². The number of carbonyl (C=O) groups is 1. The maximum Gasteiger partial charge on any atom is 0.324 e. The summed E-state index contributed by atoms with van der Waals surface area (Å²) in [5.74, 6) is 0.404. The van der Waals surface area contributed by atoms with Gasteiger partial charge in [-0.15, -0.1) is 0 Å². The Morgan fingerprint density at radius 1 is 1.61 bits per heavy atom. The average molecular weight is 253 g/mol. The van der Waals surface area contributed by atoms with Crippen molar-refractivity contribution in [1.29, 1.82) is 0 Å². The predicted octanol–water partition coefficient (Wildman–Crippen LogP) is 0.582. The lowest BCUT2D eigenvalue weighted by Crippen LogP contribution is -2.49. The number of aliphatic hydroxyl groups is 1. The number of likely N-dealkylation sites (tertiary alicyclic amines) is 1. The molecule has 1 saturated heterocycles. The molecule has 18 heavy (non-hydrogen) atoms. The van der Waals surface area contributed by atoms with Crippen LogP contribution in [-0.4, -0.2) is 49.0 Å². The van der Waals surface area contributed by atoms with E-state index in [-0.39, 0.29) is 12.1 Å². The van der Waals surface area contributed by atoms with Crippen LogP contribution in [0, 0.1) is 0 Å². The maximum absolute atomic E-state index is 12.1. The van der Waals surface area contributed by atoms with Gasteiger partial charge < -0.3 is 10.0 Å². The molecule has 7 heteroatoms. The minimum Gasteiger partial charge on any atom is -0.388 e. The molecule has 2 amide bonds. The van der Waals surface area contributed by atoms with Crippen molar-refractivity contribution in [2.75, 3.05) is 11.9 Å². The SMILES string of the molecule is Cn1ncnc1NC(=O)N1CCCC1C(C)(C)O. The number of nitrogens with one attached hydrogen (secondary N) is 1. The number of aromatic nitrogens is 3. The van der Waals surface area contributed by atoms with Gasteiger partial charge in [-0.1, -0.05) is 0 Å². The van der Waals surface area contributed by atoms with E-state index in [9.17, 15) is 9.90 Å². The second-order valence-corrected chi connectivity index (χ2v) is 5.14. The van der Waals surface area contributed by atoms with Crippen molar-refractivity contribution in [3.05, 3.63) is 6.33 Å². The van der Waals surface area contributed by atoms with Gasteiger partial charge in [-0.25, -0.2) is 9.48 Å². The zero-order chi connectivity index (χ0) is 13.3. The lowest BCUT2D eigenvalue weighted by atomic mass is 9.97. The number of anilines is 1. The molecule has 0 radical (unpaired) electrons. The summed E-state index contributed by atoms with van der Waals surface area (Å²) in [4.78, 5) is 17.8. The van der Waals surface area contributed by atoms with Crippen LogP contribution in [0.15, 0.2) is 6.33 Å². The molecule has 0 spiro atoms. The van der Waals surface area contributed by atoms with Crippen LogP contribution in [0.4, 0.5) is 10.7 Å². The molecule has 1 aromatic heterocycles. The monoisotopic (exact) mass is 253 g/mol. The summed E-state index contributed by atoms with van der Waals surface area (Å²) < 4.78 is 1.49. The second kappa shape index (κ2) is 4.56. The standard InChI is InChI=1S/C11H19N5O2/c1-11(2,18)8-5-4-6-16(8)10(17)14-9-12-7-13-15(9)3/h7-8,18H,4-6H2,1-3H3,(H,12,13,14,17). The molecule has 1 atom stereocenters. The third-order valence-electron chi connectivity index (χ3n) is 3.26. The number of nitrogens with zero attached hydrogens (tertiary/aromatic N) is 4. The highest BCUT2D eigenvalue weighted by molar-refractivity contribution is 5.88. The summed E-state index contributed by atoms with van der Waals surface area (Å²) in [6.45, 7) is 4.11. The van der Waals surface area contributed by atoms with Crippen LogP contribution in [0.3, 0.4) is 0 Å². The number of hydrogen-bond donors (Lipinski definition) is 2. The van der Waals surface area contributed by atoms with Gasteiger partial charge in [0.05, 0.1) is 11.6 Å². The predicted molar refractivity (Wildman–Crippen MR) is 66.0 cm³/mol. The number of urea groups is 1. The summed E-state index contributed by atoms with van der Waals surface area (Å²) in [7, 11) is 1.71. The first-order chi connectivity index (χ1) is 8.39. The highest BCUT2D eigenvalue weighted by atomic mass is 16.3. The van der Waals surface area contributed by atoms with E-state index < -0.39 is 5.60 Å². The molecule has 2 heterocycles. The molecule has 7 nitrogen and oxygen atoms in total. The summed E-state index contributed by atoms with van der Waals surface area (Å²) in [6.07, 6.45) is 3.10. The molecule has 0 aromatic carbocycles. The van der Waals surface area contributed by atoms with E-state index in [0.717, 1.165) is 12.8 Å².